The fourth-order valence-electron chi connectivity index (χ4n) is 8.78. The van der Waals surface area contributed by atoms with Gasteiger partial charge in [-0.1, -0.05) is 54.6 Å². The number of hydrogen-bond acceptors (Lipinski definition) is 4. The van der Waals surface area contributed by atoms with Crippen molar-refractivity contribution in [3.8, 4) is 11.5 Å². The van der Waals surface area contributed by atoms with Gasteiger partial charge >= 0.3 is 0 Å². The third-order valence-corrected chi connectivity index (χ3v) is 10.4. The molecule has 1 fully saturated rings. The van der Waals surface area contributed by atoms with Crippen molar-refractivity contribution in [1.82, 2.24) is 9.88 Å². The normalized spacial score (nSPS) is 30.6. The zero-order valence-electron chi connectivity index (χ0n) is 22.1. The van der Waals surface area contributed by atoms with Crippen molar-refractivity contribution in [2.75, 3.05) is 20.2 Å². The molecule has 0 unspecified atom stereocenters. The van der Waals surface area contributed by atoms with Gasteiger partial charge in [0.15, 0.2) is 17.1 Å². The molecule has 38 heavy (non-hydrogen) atoms. The van der Waals surface area contributed by atoms with Crippen LogP contribution in [0.1, 0.15) is 47.7 Å². The summed E-state index contributed by atoms with van der Waals surface area (Å²) in [6, 6.07) is 23.5. The highest BCUT2D eigenvalue weighted by Crippen LogP contribution is 2.71. The summed E-state index contributed by atoms with van der Waals surface area (Å²) >= 11 is 0. The van der Waals surface area contributed by atoms with Crippen LogP contribution in [-0.4, -0.2) is 46.8 Å². The Balaban J connectivity index is 1.33. The van der Waals surface area contributed by atoms with Crippen LogP contribution in [0, 0.1) is 0 Å². The van der Waals surface area contributed by atoms with Gasteiger partial charge in [0.25, 0.3) is 0 Å². The molecule has 0 radical (unpaired) electrons. The van der Waals surface area contributed by atoms with Crippen molar-refractivity contribution in [3.63, 3.8) is 0 Å². The number of benzene rings is 3. The van der Waals surface area contributed by atoms with E-state index in [0.717, 1.165) is 49.9 Å². The summed E-state index contributed by atoms with van der Waals surface area (Å²) in [5.41, 5.74) is 5.90. The van der Waals surface area contributed by atoms with Crippen molar-refractivity contribution in [2.45, 2.75) is 61.7 Å². The first-order valence-corrected chi connectivity index (χ1v) is 14.0. The van der Waals surface area contributed by atoms with E-state index in [-0.39, 0.29) is 17.2 Å². The molecule has 2 aliphatic heterocycles. The Hall–Kier alpha value is -3.28. The number of phenols is 1. The predicted octanol–water partition coefficient (Wildman–Crippen LogP) is 5.62. The quantitative estimate of drug-likeness (QED) is 0.345. The molecule has 194 valence electrons. The number of fused-ring (bicyclic) bond motifs is 4. The van der Waals surface area contributed by atoms with Crippen molar-refractivity contribution in [3.05, 3.63) is 94.7 Å². The van der Waals surface area contributed by atoms with E-state index in [9.17, 15) is 5.11 Å². The van der Waals surface area contributed by atoms with Crippen LogP contribution in [0.5, 0.6) is 11.5 Å². The van der Waals surface area contributed by atoms with Gasteiger partial charge < -0.3 is 24.5 Å². The highest BCUT2D eigenvalue weighted by molar-refractivity contribution is 5.86. The van der Waals surface area contributed by atoms with E-state index in [2.05, 4.69) is 84.5 Å². The first-order chi connectivity index (χ1) is 18.5. The topological polar surface area (TPSA) is 57.7 Å². The molecule has 0 amide bonds. The van der Waals surface area contributed by atoms with Crippen LogP contribution in [0.25, 0.3) is 10.9 Å². The highest BCUT2D eigenvalue weighted by Gasteiger charge is 2.78. The summed E-state index contributed by atoms with van der Waals surface area (Å²) in [5, 5.41) is 12.3. The van der Waals surface area contributed by atoms with E-state index in [1.165, 1.54) is 27.6 Å². The third-order valence-electron chi connectivity index (χ3n) is 10.4. The Morgan fingerprint density at radius 1 is 1.08 bits per heavy atom. The number of aryl methyl sites for hydroxylation is 1. The molecule has 4 atom stereocenters. The lowest BCUT2D eigenvalue weighted by Crippen LogP contribution is -2.78. The number of para-hydroxylation sites is 1. The molecule has 5 nitrogen and oxygen atoms in total. The van der Waals surface area contributed by atoms with E-state index in [1.54, 1.807) is 0 Å². The molecule has 3 aromatic carbocycles. The van der Waals surface area contributed by atoms with Crippen LogP contribution in [0.4, 0.5) is 0 Å². The van der Waals surface area contributed by atoms with Gasteiger partial charge in [-0.25, -0.2) is 0 Å². The Kier molecular flexibility index (Phi) is 4.56. The molecule has 0 saturated carbocycles. The Morgan fingerprint density at radius 2 is 1.89 bits per heavy atom. The molecule has 4 aliphatic rings. The number of aromatic nitrogens is 1. The summed E-state index contributed by atoms with van der Waals surface area (Å²) in [4.78, 5) is 6.31. The van der Waals surface area contributed by atoms with Gasteiger partial charge in [0, 0.05) is 35.5 Å². The van der Waals surface area contributed by atoms with E-state index in [0.29, 0.717) is 12.4 Å². The van der Waals surface area contributed by atoms with Crippen molar-refractivity contribution in [2.24, 2.45) is 0 Å². The van der Waals surface area contributed by atoms with Crippen LogP contribution in [0.15, 0.2) is 66.7 Å². The van der Waals surface area contributed by atoms with Gasteiger partial charge in [-0.3, -0.25) is 0 Å². The molecule has 8 rings (SSSR count). The molecule has 3 heterocycles. The number of nitrogens with zero attached hydrogens (tertiary/aromatic N) is 1. The van der Waals surface area contributed by atoms with Crippen LogP contribution in [0.2, 0.25) is 0 Å². The minimum atomic E-state index is -0.672. The number of rotatable bonds is 5. The molecule has 2 aliphatic carbocycles. The number of nitrogens with one attached hydrogen (secondary N) is 1. The SMILES string of the molecule is CN1CC[C@]23c4c5ccc(O)c4O[C@@]2(C)c2[nH]c4ccccc4c2C[C@@]3(OCCCc2ccccc2)[C@@H]1C5. The van der Waals surface area contributed by atoms with E-state index >= 15 is 0 Å². The Morgan fingerprint density at radius 3 is 2.76 bits per heavy atom. The first-order valence-electron chi connectivity index (χ1n) is 14.0. The zero-order valence-corrected chi connectivity index (χ0v) is 22.1. The van der Waals surface area contributed by atoms with Gasteiger partial charge in [-0.05, 0) is 75.0 Å². The number of likely N-dealkylation sites (tertiary alicyclic amines) is 1. The maximum atomic E-state index is 11.1. The van der Waals surface area contributed by atoms with Crippen molar-refractivity contribution < 1.29 is 14.6 Å². The highest BCUT2D eigenvalue weighted by atomic mass is 16.5. The lowest BCUT2D eigenvalue weighted by molar-refractivity contribution is -0.223. The summed E-state index contributed by atoms with van der Waals surface area (Å²) in [6.45, 7) is 3.92. The molecule has 4 aromatic rings. The molecule has 1 spiro atoms. The lowest BCUT2D eigenvalue weighted by Gasteiger charge is -2.66. The third kappa shape index (κ3) is 2.59. The number of H-pyrrole nitrogens is 1. The van der Waals surface area contributed by atoms with Crippen LogP contribution in [-0.2, 0) is 35.0 Å². The molecule has 2 N–H and O–H groups in total. The summed E-state index contributed by atoms with van der Waals surface area (Å²) in [7, 11) is 2.26. The van der Waals surface area contributed by atoms with E-state index in [4.69, 9.17) is 9.47 Å². The zero-order chi connectivity index (χ0) is 25.7. The average molecular weight is 507 g/mol. The molecule has 5 heteroatoms. The monoisotopic (exact) mass is 506 g/mol. The maximum absolute atomic E-state index is 11.1. The minimum absolute atomic E-state index is 0.223. The van der Waals surface area contributed by atoms with Crippen molar-refractivity contribution >= 4 is 10.9 Å². The minimum Gasteiger partial charge on any atom is -0.504 e. The number of ether oxygens (including phenoxy) is 2. The van der Waals surface area contributed by atoms with Gasteiger partial charge in [-0.2, -0.15) is 0 Å². The molecule has 1 aromatic heterocycles. The second kappa shape index (κ2) is 7.64. The van der Waals surface area contributed by atoms with Gasteiger partial charge in [0.2, 0.25) is 0 Å². The van der Waals surface area contributed by atoms with Crippen molar-refractivity contribution in [1.29, 1.82) is 0 Å². The summed E-state index contributed by atoms with van der Waals surface area (Å²) in [5.74, 6) is 0.901. The van der Waals surface area contributed by atoms with E-state index in [1.807, 2.05) is 6.07 Å². The second-order valence-corrected chi connectivity index (χ2v) is 12.0. The summed E-state index contributed by atoms with van der Waals surface area (Å²) < 4.78 is 14.4. The molecule has 2 bridgehead atoms. The fraction of sp³-hybridized carbons (Fsp3) is 0.394. The maximum Gasteiger partial charge on any atom is 0.166 e. The number of piperidine rings is 1. The van der Waals surface area contributed by atoms with E-state index < -0.39 is 11.2 Å². The smallest absolute Gasteiger partial charge is 0.166 e. The predicted molar refractivity (Wildman–Crippen MR) is 148 cm³/mol. The van der Waals surface area contributed by atoms with Crippen LogP contribution < -0.4 is 4.74 Å². The molecular formula is C33H34N2O3. The fourth-order valence-corrected chi connectivity index (χ4v) is 8.78. The number of hydrogen-bond donors (Lipinski definition) is 2. The van der Waals surface area contributed by atoms with Gasteiger partial charge in [0.1, 0.15) is 5.60 Å². The summed E-state index contributed by atoms with van der Waals surface area (Å²) in [6.07, 6.45) is 4.62. The first kappa shape index (κ1) is 22.7. The Labute approximate surface area is 223 Å². The second-order valence-electron chi connectivity index (χ2n) is 12.0. The number of phenolic OH excluding ortho intramolecular Hbond substituents is 1. The van der Waals surface area contributed by atoms with Gasteiger partial charge in [-0.15, -0.1) is 0 Å². The largest absolute Gasteiger partial charge is 0.504 e. The van der Waals surface area contributed by atoms with Crippen LogP contribution >= 0.6 is 0 Å². The number of aromatic amines is 1. The van der Waals surface area contributed by atoms with Crippen LogP contribution in [0.3, 0.4) is 0 Å². The number of aromatic hydroxyl groups is 1. The lowest BCUT2D eigenvalue weighted by atomic mass is 9.45. The molecule has 1 saturated heterocycles. The standard InChI is InChI=1S/C33H34N2O3/c1-31-30-24(23-12-6-7-13-25(23)34-30)20-33(37-18-8-11-21-9-4-3-5-10-21)27-19-22-14-15-26(36)29(38-31)28(22)32(31,33)16-17-35(27)2/h3-7,9-10,12-15,27,34,36H,8,11,16-20H2,1-2H3/t27-,31-,32-,33+/m0/s1. The van der Waals surface area contributed by atoms with Gasteiger partial charge in [0.05, 0.1) is 11.1 Å². The molecular weight excluding hydrogens is 472 g/mol. The average Bonchev–Trinajstić information content (AvgIpc) is 3.44. The Bertz CT molecular complexity index is 1580. The number of likely N-dealkylation sites (N-methyl/N-ethyl adjacent to an activating group) is 1.